The van der Waals surface area contributed by atoms with Gasteiger partial charge in [0, 0.05) is 10.9 Å². The quantitative estimate of drug-likeness (QED) is 0.831. The van der Waals surface area contributed by atoms with Gasteiger partial charge in [-0.15, -0.1) is 0 Å². The zero-order chi connectivity index (χ0) is 13.2. The van der Waals surface area contributed by atoms with Gasteiger partial charge >= 0.3 is 7.60 Å². The van der Waals surface area contributed by atoms with Crippen molar-refractivity contribution in [3.05, 3.63) is 48.2 Å². The van der Waals surface area contributed by atoms with Crippen molar-refractivity contribution in [1.29, 1.82) is 0 Å². The molecule has 1 aromatic carbocycles. The fourth-order valence-corrected chi connectivity index (χ4v) is 2.10. The highest BCUT2D eigenvalue weighted by molar-refractivity contribution is 7.51. The van der Waals surface area contributed by atoms with E-state index in [1.807, 2.05) is 24.3 Å². The van der Waals surface area contributed by atoms with Crippen LogP contribution in [-0.2, 0) is 4.57 Å². The Morgan fingerprint density at radius 3 is 2.72 bits per heavy atom. The molecule has 94 valence electrons. The average Bonchev–Trinajstić information content (AvgIpc) is 2.66. The third-order valence-electron chi connectivity index (χ3n) is 2.48. The van der Waals surface area contributed by atoms with Crippen LogP contribution in [-0.4, -0.2) is 15.9 Å². The van der Waals surface area contributed by atoms with Gasteiger partial charge in [0.25, 0.3) is 0 Å². The Labute approximate surface area is 104 Å². The molecule has 18 heavy (non-hydrogen) atoms. The molecule has 2 rings (SSSR count). The van der Waals surface area contributed by atoms with Gasteiger partial charge in [0.1, 0.15) is 11.3 Å². The van der Waals surface area contributed by atoms with Gasteiger partial charge < -0.3 is 14.2 Å². The Kier molecular flexibility index (Phi) is 3.53. The first-order chi connectivity index (χ1) is 8.51. The minimum Gasteiger partial charge on any atom is -0.456 e. The predicted octanol–water partition coefficient (Wildman–Crippen LogP) is 3.27. The molecule has 0 saturated heterocycles. The van der Waals surface area contributed by atoms with E-state index in [9.17, 15) is 4.57 Å². The van der Waals surface area contributed by atoms with Crippen molar-refractivity contribution in [1.82, 2.24) is 0 Å². The van der Waals surface area contributed by atoms with E-state index in [1.54, 1.807) is 12.2 Å². The van der Waals surface area contributed by atoms with Gasteiger partial charge in [0.05, 0.1) is 6.16 Å². The van der Waals surface area contributed by atoms with E-state index in [-0.39, 0.29) is 6.16 Å². The van der Waals surface area contributed by atoms with E-state index < -0.39 is 7.60 Å². The van der Waals surface area contributed by atoms with Crippen molar-refractivity contribution in [2.45, 2.75) is 0 Å². The standard InChI is InChI=1S/C13H13O4P/c1-2-12-10(7-5-9-18(14,15)16)11-6-3-4-8-13(11)17-12/h2-8H,1,9H2,(H2,14,15,16)/b7-5-. The van der Waals surface area contributed by atoms with E-state index >= 15 is 0 Å². The fourth-order valence-electron chi connectivity index (χ4n) is 1.72. The van der Waals surface area contributed by atoms with Crippen LogP contribution < -0.4 is 0 Å². The number of para-hydroxylation sites is 1. The Morgan fingerprint density at radius 1 is 1.33 bits per heavy atom. The van der Waals surface area contributed by atoms with Gasteiger partial charge in [-0.05, 0) is 12.1 Å². The molecule has 0 atom stereocenters. The number of hydrogen-bond acceptors (Lipinski definition) is 2. The first kappa shape index (κ1) is 12.8. The van der Waals surface area contributed by atoms with Crippen LogP contribution in [0.15, 0.2) is 41.3 Å². The first-order valence-electron chi connectivity index (χ1n) is 5.36. The molecule has 2 N–H and O–H groups in total. The Hall–Kier alpha value is -1.61. The van der Waals surface area contributed by atoms with Crippen LogP contribution in [0.2, 0.25) is 0 Å². The molecule has 0 radical (unpaired) electrons. The molecule has 0 aliphatic heterocycles. The number of allylic oxidation sites excluding steroid dienone is 1. The van der Waals surface area contributed by atoms with E-state index in [0.717, 1.165) is 16.5 Å². The lowest BCUT2D eigenvalue weighted by molar-refractivity contribution is 0.377. The van der Waals surface area contributed by atoms with Crippen LogP contribution in [0.25, 0.3) is 23.1 Å². The van der Waals surface area contributed by atoms with E-state index in [2.05, 4.69) is 6.58 Å². The molecular weight excluding hydrogens is 251 g/mol. The molecular formula is C13H13O4P. The summed E-state index contributed by atoms with van der Waals surface area (Å²) < 4.78 is 16.3. The minimum atomic E-state index is -4.01. The van der Waals surface area contributed by atoms with Crippen LogP contribution in [0, 0.1) is 0 Å². The monoisotopic (exact) mass is 264 g/mol. The number of benzene rings is 1. The molecule has 4 nitrogen and oxygen atoms in total. The van der Waals surface area contributed by atoms with Gasteiger partial charge in [-0.2, -0.15) is 0 Å². The maximum Gasteiger partial charge on any atom is 0.329 e. The Morgan fingerprint density at radius 2 is 2.06 bits per heavy atom. The first-order valence-corrected chi connectivity index (χ1v) is 7.16. The number of furan rings is 1. The predicted molar refractivity (Wildman–Crippen MR) is 72.3 cm³/mol. The SMILES string of the molecule is C=Cc1oc2ccccc2c1/C=C\CP(=O)(O)O. The van der Waals surface area contributed by atoms with Crippen molar-refractivity contribution in [2.75, 3.05) is 6.16 Å². The highest BCUT2D eigenvalue weighted by Gasteiger charge is 2.11. The number of fused-ring (bicyclic) bond motifs is 1. The maximum absolute atomic E-state index is 10.8. The highest BCUT2D eigenvalue weighted by Crippen LogP contribution is 2.35. The highest BCUT2D eigenvalue weighted by atomic mass is 31.2. The lowest BCUT2D eigenvalue weighted by Gasteiger charge is -1.97. The van der Waals surface area contributed by atoms with Gasteiger partial charge in [0.2, 0.25) is 0 Å². The number of rotatable bonds is 4. The second-order valence-electron chi connectivity index (χ2n) is 3.83. The number of hydrogen-bond donors (Lipinski definition) is 2. The van der Waals surface area contributed by atoms with Crippen molar-refractivity contribution in [3.63, 3.8) is 0 Å². The molecule has 2 aromatic rings. The molecule has 1 heterocycles. The van der Waals surface area contributed by atoms with Gasteiger partial charge in [-0.25, -0.2) is 0 Å². The Bertz CT molecular complexity index is 648. The summed E-state index contributed by atoms with van der Waals surface area (Å²) in [5.74, 6) is 0.596. The van der Waals surface area contributed by atoms with Crippen LogP contribution >= 0.6 is 7.60 Å². The zero-order valence-electron chi connectivity index (χ0n) is 9.61. The van der Waals surface area contributed by atoms with Crippen LogP contribution in [0.5, 0.6) is 0 Å². The normalized spacial score (nSPS) is 12.3. The second kappa shape index (κ2) is 4.94. The third kappa shape index (κ3) is 2.79. The lowest BCUT2D eigenvalue weighted by atomic mass is 10.1. The van der Waals surface area contributed by atoms with E-state index in [4.69, 9.17) is 14.2 Å². The molecule has 0 spiro atoms. The molecule has 0 saturated carbocycles. The summed E-state index contributed by atoms with van der Waals surface area (Å²) in [5.41, 5.74) is 1.51. The van der Waals surface area contributed by atoms with Gasteiger partial charge in [0.15, 0.2) is 0 Å². The lowest BCUT2D eigenvalue weighted by Crippen LogP contribution is -1.82. The topological polar surface area (TPSA) is 70.7 Å². The summed E-state index contributed by atoms with van der Waals surface area (Å²) in [6, 6.07) is 7.47. The van der Waals surface area contributed by atoms with Crippen molar-refractivity contribution < 1.29 is 18.8 Å². The fraction of sp³-hybridized carbons (Fsp3) is 0.0769. The summed E-state index contributed by atoms with van der Waals surface area (Å²) >= 11 is 0. The van der Waals surface area contributed by atoms with Crippen molar-refractivity contribution in [2.24, 2.45) is 0 Å². The molecule has 5 heteroatoms. The molecule has 1 aromatic heterocycles. The van der Waals surface area contributed by atoms with E-state index in [1.165, 1.54) is 6.08 Å². The average molecular weight is 264 g/mol. The molecule has 0 aliphatic carbocycles. The summed E-state index contributed by atoms with van der Waals surface area (Å²) in [6.07, 6.45) is 4.40. The largest absolute Gasteiger partial charge is 0.456 e. The minimum absolute atomic E-state index is 0.289. The van der Waals surface area contributed by atoms with Gasteiger partial charge in [-0.1, -0.05) is 36.9 Å². The third-order valence-corrected chi connectivity index (χ3v) is 3.16. The second-order valence-corrected chi connectivity index (χ2v) is 5.52. The van der Waals surface area contributed by atoms with Crippen LogP contribution in [0.4, 0.5) is 0 Å². The molecule has 0 bridgehead atoms. The summed E-state index contributed by atoms with van der Waals surface area (Å²) in [4.78, 5) is 17.6. The maximum atomic E-state index is 10.8. The van der Waals surface area contributed by atoms with Crippen molar-refractivity contribution >= 4 is 30.7 Å². The Balaban J connectivity index is 2.43. The smallest absolute Gasteiger partial charge is 0.329 e. The molecule has 0 fully saturated rings. The molecule has 0 amide bonds. The van der Waals surface area contributed by atoms with Crippen molar-refractivity contribution in [3.8, 4) is 0 Å². The van der Waals surface area contributed by atoms with Crippen LogP contribution in [0.3, 0.4) is 0 Å². The zero-order valence-corrected chi connectivity index (χ0v) is 10.5. The molecule has 0 aliphatic rings. The summed E-state index contributed by atoms with van der Waals surface area (Å²) in [6.45, 7) is 3.66. The van der Waals surface area contributed by atoms with Gasteiger partial charge in [-0.3, -0.25) is 4.57 Å². The summed E-state index contributed by atoms with van der Waals surface area (Å²) in [7, 11) is -4.01. The van der Waals surface area contributed by atoms with E-state index in [0.29, 0.717) is 5.76 Å². The summed E-state index contributed by atoms with van der Waals surface area (Å²) in [5, 5.41) is 0.898. The molecule has 0 unspecified atom stereocenters. The van der Waals surface area contributed by atoms with Crippen LogP contribution in [0.1, 0.15) is 11.3 Å².